The number of nitrogens with zero attached hydrogens (tertiary/aromatic N) is 1. The van der Waals surface area contributed by atoms with Gasteiger partial charge in [0.2, 0.25) is 0 Å². The largest absolute Gasteiger partial charge is 0.478 e. The molecule has 2 aromatic carbocycles. The molecule has 0 aliphatic carbocycles. The number of alkyl halides is 3. The van der Waals surface area contributed by atoms with Gasteiger partial charge in [-0.1, -0.05) is 12.1 Å². The molecular formula is C19H13F3N2O2. The normalized spacial score (nSPS) is 11.2. The Hall–Kier alpha value is -3.35. The Balaban J connectivity index is 1.89. The van der Waals surface area contributed by atoms with Gasteiger partial charge in [-0.15, -0.1) is 0 Å². The Kier molecular flexibility index (Phi) is 4.62. The number of rotatable bonds is 4. The van der Waals surface area contributed by atoms with Crippen LogP contribution in [0.25, 0.3) is 11.1 Å². The molecule has 0 saturated heterocycles. The number of nitrogens with one attached hydrogen (secondary N) is 1. The third-order valence-electron chi connectivity index (χ3n) is 3.73. The SMILES string of the molecule is O=C(O)c1ccc(-c2cccnc2Nc2ccc(C(F)(F)F)cc2)cc1. The van der Waals surface area contributed by atoms with E-state index >= 15 is 0 Å². The smallest absolute Gasteiger partial charge is 0.416 e. The molecule has 0 aliphatic rings. The van der Waals surface area contributed by atoms with Crippen molar-refractivity contribution in [1.29, 1.82) is 0 Å². The van der Waals surface area contributed by atoms with Crippen LogP contribution in [0.3, 0.4) is 0 Å². The van der Waals surface area contributed by atoms with Crippen LogP contribution in [0.4, 0.5) is 24.7 Å². The number of anilines is 2. The van der Waals surface area contributed by atoms with Crippen LogP contribution >= 0.6 is 0 Å². The molecule has 26 heavy (non-hydrogen) atoms. The number of aromatic nitrogens is 1. The lowest BCUT2D eigenvalue weighted by Gasteiger charge is -2.12. The number of hydrogen-bond acceptors (Lipinski definition) is 3. The average Bonchev–Trinajstić information content (AvgIpc) is 2.62. The number of carboxylic acids is 1. The van der Waals surface area contributed by atoms with Crippen LogP contribution in [-0.4, -0.2) is 16.1 Å². The lowest BCUT2D eigenvalue weighted by Crippen LogP contribution is -2.04. The summed E-state index contributed by atoms with van der Waals surface area (Å²) in [6.45, 7) is 0. The van der Waals surface area contributed by atoms with Gasteiger partial charge in [-0.25, -0.2) is 9.78 Å². The van der Waals surface area contributed by atoms with Gasteiger partial charge in [-0.05, 0) is 54.1 Å². The standard InChI is InChI=1S/C19H13F3N2O2/c20-19(21,22)14-7-9-15(10-8-14)24-17-16(2-1-11-23-17)12-3-5-13(6-4-12)18(25)26/h1-11H,(H,23,24)(H,25,26). The third kappa shape index (κ3) is 3.83. The van der Waals surface area contributed by atoms with Gasteiger partial charge < -0.3 is 10.4 Å². The Morgan fingerprint density at radius 3 is 2.19 bits per heavy atom. The van der Waals surface area contributed by atoms with E-state index in [0.29, 0.717) is 17.1 Å². The van der Waals surface area contributed by atoms with Gasteiger partial charge in [0.1, 0.15) is 5.82 Å². The number of benzene rings is 2. The third-order valence-corrected chi connectivity index (χ3v) is 3.73. The van der Waals surface area contributed by atoms with Crippen LogP contribution in [0, 0.1) is 0 Å². The van der Waals surface area contributed by atoms with E-state index in [0.717, 1.165) is 17.7 Å². The van der Waals surface area contributed by atoms with Gasteiger partial charge in [-0.3, -0.25) is 0 Å². The summed E-state index contributed by atoms with van der Waals surface area (Å²) >= 11 is 0. The summed E-state index contributed by atoms with van der Waals surface area (Å²) in [5.41, 5.74) is 1.32. The van der Waals surface area contributed by atoms with Crippen molar-refractivity contribution < 1.29 is 23.1 Å². The molecule has 0 saturated carbocycles. The summed E-state index contributed by atoms with van der Waals surface area (Å²) in [5.74, 6) is -0.568. The molecule has 3 aromatic rings. The predicted molar refractivity (Wildman–Crippen MR) is 91.4 cm³/mol. The molecule has 132 valence electrons. The minimum absolute atomic E-state index is 0.162. The summed E-state index contributed by atoms with van der Waals surface area (Å²) in [6, 6.07) is 14.4. The second-order valence-corrected chi connectivity index (χ2v) is 5.48. The summed E-state index contributed by atoms with van der Waals surface area (Å²) in [7, 11) is 0. The first-order chi connectivity index (χ1) is 12.3. The second-order valence-electron chi connectivity index (χ2n) is 5.48. The molecule has 4 nitrogen and oxygen atoms in total. The fourth-order valence-corrected chi connectivity index (χ4v) is 2.41. The quantitative estimate of drug-likeness (QED) is 0.672. The lowest BCUT2D eigenvalue weighted by molar-refractivity contribution is -0.137. The van der Waals surface area contributed by atoms with E-state index in [-0.39, 0.29) is 5.56 Å². The summed E-state index contributed by atoms with van der Waals surface area (Å²) in [5, 5.41) is 12.0. The van der Waals surface area contributed by atoms with Crippen molar-refractivity contribution in [1.82, 2.24) is 4.98 Å². The first kappa shape index (κ1) is 17.5. The second kappa shape index (κ2) is 6.87. The van der Waals surface area contributed by atoms with E-state index in [9.17, 15) is 18.0 Å². The predicted octanol–water partition coefficient (Wildman–Crippen LogP) is 5.21. The van der Waals surface area contributed by atoms with Gasteiger partial charge in [0.25, 0.3) is 0 Å². The number of aromatic carboxylic acids is 1. The Morgan fingerprint density at radius 1 is 0.962 bits per heavy atom. The maximum Gasteiger partial charge on any atom is 0.416 e. The molecule has 2 N–H and O–H groups in total. The van der Waals surface area contributed by atoms with Crippen LogP contribution in [0.1, 0.15) is 15.9 Å². The van der Waals surface area contributed by atoms with Crippen LogP contribution in [-0.2, 0) is 6.18 Å². The van der Waals surface area contributed by atoms with Crippen molar-refractivity contribution in [3.63, 3.8) is 0 Å². The monoisotopic (exact) mass is 358 g/mol. The number of carbonyl (C=O) groups is 1. The summed E-state index contributed by atoms with van der Waals surface area (Å²) < 4.78 is 37.9. The lowest BCUT2D eigenvalue weighted by atomic mass is 10.0. The van der Waals surface area contributed by atoms with Crippen LogP contribution < -0.4 is 5.32 Å². The minimum atomic E-state index is -4.39. The van der Waals surface area contributed by atoms with E-state index < -0.39 is 17.7 Å². The molecule has 0 bridgehead atoms. The molecule has 3 rings (SSSR count). The molecule has 0 unspecified atom stereocenters. The zero-order chi connectivity index (χ0) is 18.7. The maximum absolute atomic E-state index is 12.6. The molecule has 7 heteroatoms. The molecule has 1 heterocycles. The van der Waals surface area contributed by atoms with Gasteiger partial charge >= 0.3 is 12.1 Å². The Morgan fingerprint density at radius 2 is 1.62 bits per heavy atom. The molecule has 0 fully saturated rings. The average molecular weight is 358 g/mol. The number of halogens is 3. The minimum Gasteiger partial charge on any atom is -0.478 e. The molecular weight excluding hydrogens is 345 g/mol. The van der Waals surface area contributed by atoms with Gasteiger partial charge in [0, 0.05) is 17.4 Å². The fourth-order valence-electron chi connectivity index (χ4n) is 2.41. The highest BCUT2D eigenvalue weighted by Crippen LogP contribution is 2.32. The van der Waals surface area contributed by atoms with E-state index in [4.69, 9.17) is 5.11 Å². The van der Waals surface area contributed by atoms with E-state index in [2.05, 4.69) is 10.3 Å². The Labute approximate surface area is 146 Å². The summed E-state index contributed by atoms with van der Waals surface area (Å²) in [4.78, 5) is 15.2. The van der Waals surface area contributed by atoms with Crippen molar-refractivity contribution in [2.75, 3.05) is 5.32 Å². The zero-order valence-corrected chi connectivity index (χ0v) is 13.3. The Bertz CT molecular complexity index is 921. The fraction of sp³-hybridized carbons (Fsp3) is 0.0526. The molecule has 0 atom stereocenters. The van der Waals surface area contributed by atoms with E-state index in [1.54, 1.807) is 30.5 Å². The van der Waals surface area contributed by atoms with E-state index in [1.807, 2.05) is 0 Å². The number of hydrogen-bond donors (Lipinski definition) is 2. The van der Waals surface area contributed by atoms with Crippen LogP contribution in [0.5, 0.6) is 0 Å². The van der Waals surface area contributed by atoms with Crippen molar-refractivity contribution >= 4 is 17.5 Å². The maximum atomic E-state index is 12.6. The van der Waals surface area contributed by atoms with Crippen molar-refractivity contribution in [2.45, 2.75) is 6.18 Å². The van der Waals surface area contributed by atoms with Gasteiger partial charge in [0.15, 0.2) is 0 Å². The first-order valence-corrected chi connectivity index (χ1v) is 7.57. The van der Waals surface area contributed by atoms with E-state index in [1.165, 1.54) is 24.3 Å². The number of pyridine rings is 1. The van der Waals surface area contributed by atoms with Crippen molar-refractivity contribution in [2.24, 2.45) is 0 Å². The molecule has 0 aliphatic heterocycles. The molecule has 0 amide bonds. The van der Waals surface area contributed by atoms with Crippen LogP contribution in [0.2, 0.25) is 0 Å². The molecule has 0 radical (unpaired) electrons. The zero-order valence-electron chi connectivity index (χ0n) is 13.3. The highest BCUT2D eigenvalue weighted by Gasteiger charge is 2.29. The van der Waals surface area contributed by atoms with Gasteiger partial charge in [0.05, 0.1) is 11.1 Å². The highest BCUT2D eigenvalue weighted by molar-refractivity contribution is 5.89. The summed E-state index contributed by atoms with van der Waals surface area (Å²) in [6.07, 6.45) is -2.83. The van der Waals surface area contributed by atoms with Crippen molar-refractivity contribution in [3.05, 3.63) is 78.0 Å². The van der Waals surface area contributed by atoms with Crippen molar-refractivity contribution in [3.8, 4) is 11.1 Å². The van der Waals surface area contributed by atoms with Gasteiger partial charge in [-0.2, -0.15) is 13.2 Å². The van der Waals surface area contributed by atoms with Crippen LogP contribution in [0.15, 0.2) is 66.9 Å². The topological polar surface area (TPSA) is 62.2 Å². The first-order valence-electron chi connectivity index (χ1n) is 7.57. The highest BCUT2D eigenvalue weighted by atomic mass is 19.4. The number of carboxylic acid groups (broad SMARTS) is 1. The molecule has 0 spiro atoms. The molecule has 1 aromatic heterocycles.